The molecule has 3 N–H and O–H groups in total. The van der Waals surface area contributed by atoms with Gasteiger partial charge in [-0.2, -0.15) is 0 Å². The zero-order valence-electron chi connectivity index (χ0n) is 13.2. The molecule has 0 saturated carbocycles. The fraction of sp³-hybridized carbons (Fsp3) is 0.235. The maximum absolute atomic E-state index is 12.3. The third kappa shape index (κ3) is 4.64. The molecule has 5 nitrogen and oxygen atoms in total. The summed E-state index contributed by atoms with van der Waals surface area (Å²) < 4.78 is 23.2. The molecule has 0 bridgehead atoms. The van der Waals surface area contributed by atoms with Gasteiger partial charge >= 0.3 is 0 Å². The highest BCUT2D eigenvalue weighted by atomic mass is 32.2. The van der Waals surface area contributed by atoms with E-state index in [1.807, 2.05) is 31.2 Å². The molecule has 0 aliphatic carbocycles. The van der Waals surface area contributed by atoms with E-state index in [0.29, 0.717) is 13.0 Å². The molecule has 0 aliphatic rings. The summed E-state index contributed by atoms with van der Waals surface area (Å²) in [5.74, 6) is -0.440. The Morgan fingerprint density at radius 1 is 1.04 bits per heavy atom. The second kappa shape index (κ2) is 6.93. The van der Waals surface area contributed by atoms with Gasteiger partial charge in [-0.1, -0.05) is 41.5 Å². The van der Waals surface area contributed by atoms with E-state index in [9.17, 15) is 13.2 Å². The van der Waals surface area contributed by atoms with Gasteiger partial charge in [0.15, 0.2) is 0 Å². The molecular weight excluding hydrogens is 312 g/mol. The number of benzene rings is 2. The van der Waals surface area contributed by atoms with E-state index in [2.05, 4.69) is 5.32 Å². The van der Waals surface area contributed by atoms with Gasteiger partial charge in [0.1, 0.15) is 0 Å². The number of sulfonamides is 1. The predicted octanol–water partition coefficient (Wildman–Crippen LogP) is 1.92. The number of carbonyl (C=O) groups is 1. The van der Waals surface area contributed by atoms with E-state index in [1.54, 1.807) is 13.0 Å². The van der Waals surface area contributed by atoms with E-state index in [-0.39, 0.29) is 10.5 Å². The number of hydrogen-bond acceptors (Lipinski definition) is 3. The first-order chi connectivity index (χ1) is 10.8. The van der Waals surface area contributed by atoms with Crippen molar-refractivity contribution < 1.29 is 13.2 Å². The van der Waals surface area contributed by atoms with Crippen LogP contribution >= 0.6 is 0 Å². The monoisotopic (exact) mass is 332 g/mol. The van der Waals surface area contributed by atoms with Crippen molar-refractivity contribution in [3.8, 4) is 0 Å². The van der Waals surface area contributed by atoms with Gasteiger partial charge in [0.2, 0.25) is 10.0 Å². The summed E-state index contributed by atoms with van der Waals surface area (Å²) in [4.78, 5) is 12.1. The molecule has 0 aliphatic heterocycles. The fourth-order valence-electron chi connectivity index (χ4n) is 2.24. The molecule has 0 saturated heterocycles. The lowest BCUT2D eigenvalue weighted by molar-refractivity contribution is 0.0950. The van der Waals surface area contributed by atoms with Crippen molar-refractivity contribution >= 4 is 15.9 Å². The van der Waals surface area contributed by atoms with Gasteiger partial charge in [-0.05, 0) is 38.0 Å². The lowest BCUT2D eigenvalue weighted by Crippen LogP contribution is -2.28. The molecule has 2 aromatic carbocycles. The molecule has 0 fully saturated rings. The standard InChI is InChI=1S/C17H20N2O3S/c1-12-3-6-14(7-4-12)9-10-19-17(20)15-11-13(2)5-8-16(15)23(18,21)22/h3-8,11H,9-10H2,1-2H3,(H,19,20)(H2,18,21,22). The van der Waals surface area contributed by atoms with Crippen molar-refractivity contribution in [1.82, 2.24) is 5.32 Å². The number of hydrogen-bond donors (Lipinski definition) is 2. The van der Waals surface area contributed by atoms with E-state index in [1.165, 1.54) is 17.7 Å². The van der Waals surface area contributed by atoms with Gasteiger partial charge in [-0.15, -0.1) is 0 Å². The van der Waals surface area contributed by atoms with Crippen LogP contribution in [0.15, 0.2) is 47.4 Å². The van der Waals surface area contributed by atoms with Gasteiger partial charge in [0.25, 0.3) is 5.91 Å². The van der Waals surface area contributed by atoms with Crippen molar-refractivity contribution in [3.63, 3.8) is 0 Å². The number of rotatable bonds is 5. The Hall–Kier alpha value is -2.18. The Morgan fingerprint density at radius 2 is 1.65 bits per heavy atom. The van der Waals surface area contributed by atoms with Crippen LogP contribution in [0, 0.1) is 13.8 Å². The van der Waals surface area contributed by atoms with Crippen LogP contribution in [0.3, 0.4) is 0 Å². The maximum atomic E-state index is 12.3. The molecule has 0 radical (unpaired) electrons. The molecular formula is C17H20N2O3S. The van der Waals surface area contributed by atoms with Gasteiger partial charge < -0.3 is 5.32 Å². The fourth-order valence-corrected chi connectivity index (χ4v) is 2.96. The van der Waals surface area contributed by atoms with Crippen LogP contribution in [0.5, 0.6) is 0 Å². The summed E-state index contributed by atoms with van der Waals surface area (Å²) in [5.41, 5.74) is 3.15. The molecule has 122 valence electrons. The van der Waals surface area contributed by atoms with Gasteiger partial charge in [-0.3, -0.25) is 4.79 Å². The molecule has 2 rings (SSSR count). The zero-order valence-corrected chi connectivity index (χ0v) is 14.0. The summed E-state index contributed by atoms with van der Waals surface area (Å²) in [7, 11) is -3.94. The SMILES string of the molecule is Cc1ccc(CCNC(=O)c2cc(C)ccc2S(N)(=O)=O)cc1. The van der Waals surface area contributed by atoms with Crippen LogP contribution in [0.4, 0.5) is 0 Å². The smallest absolute Gasteiger partial charge is 0.252 e. The minimum absolute atomic E-state index is 0.0800. The minimum atomic E-state index is -3.94. The molecule has 6 heteroatoms. The third-order valence-corrected chi connectivity index (χ3v) is 4.48. The molecule has 0 heterocycles. The molecule has 23 heavy (non-hydrogen) atoms. The Morgan fingerprint density at radius 3 is 2.26 bits per heavy atom. The van der Waals surface area contributed by atoms with E-state index < -0.39 is 15.9 Å². The first-order valence-electron chi connectivity index (χ1n) is 7.24. The molecule has 0 spiro atoms. The summed E-state index contributed by atoms with van der Waals surface area (Å²) in [6.45, 7) is 4.22. The maximum Gasteiger partial charge on any atom is 0.252 e. The van der Waals surface area contributed by atoms with Crippen LogP contribution < -0.4 is 10.5 Å². The second-order valence-electron chi connectivity index (χ2n) is 5.54. The predicted molar refractivity (Wildman–Crippen MR) is 89.8 cm³/mol. The van der Waals surface area contributed by atoms with Gasteiger partial charge in [0.05, 0.1) is 10.5 Å². The summed E-state index contributed by atoms with van der Waals surface area (Å²) >= 11 is 0. The first-order valence-corrected chi connectivity index (χ1v) is 8.79. The molecule has 0 aromatic heterocycles. The van der Waals surface area contributed by atoms with Crippen molar-refractivity contribution in [2.24, 2.45) is 5.14 Å². The molecule has 0 atom stereocenters. The van der Waals surface area contributed by atoms with E-state index >= 15 is 0 Å². The van der Waals surface area contributed by atoms with Crippen LogP contribution in [0.25, 0.3) is 0 Å². The number of amides is 1. The number of nitrogens with two attached hydrogens (primary N) is 1. The van der Waals surface area contributed by atoms with Crippen molar-refractivity contribution in [3.05, 3.63) is 64.7 Å². The average molecular weight is 332 g/mol. The number of aryl methyl sites for hydroxylation is 2. The Bertz CT molecular complexity index is 812. The number of carbonyl (C=O) groups excluding carboxylic acids is 1. The lowest BCUT2D eigenvalue weighted by Gasteiger charge is -2.10. The summed E-state index contributed by atoms with van der Waals surface area (Å²) in [6, 6.07) is 12.5. The van der Waals surface area contributed by atoms with E-state index in [0.717, 1.165) is 11.1 Å². The lowest BCUT2D eigenvalue weighted by atomic mass is 10.1. The average Bonchev–Trinajstić information content (AvgIpc) is 2.48. The highest BCUT2D eigenvalue weighted by Crippen LogP contribution is 2.16. The third-order valence-electron chi connectivity index (χ3n) is 3.51. The highest BCUT2D eigenvalue weighted by Gasteiger charge is 2.19. The van der Waals surface area contributed by atoms with Crippen LogP contribution in [0.2, 0.25) is 0 Å². The highest BCUT2D eigenvalue weighted by molar-refractivity contribution is 7.89. The minimum Gasteiger partial charge on any atom is -0.352 e. The van der Waals surface area contributed by atoms with Crippen molar-refractivity contribution in [2.75, 3.05) is 6.54 Å². The molecule has 2 aromatic rings. The van der Waals surface area contributed by atoms with Gasteiger partial charge in [0, 0.05) is 6.54 Å². The van der Waals surface area contributed by atoms with Crippen LogP contribution in [-0.2, 0) is 16.4 Å². The Balaban J connectivity index is 2.09. The second-order valence-corrected chi connectivity index (χ2v) is 7.07. The number of nitrogens with one attached hydrogen (secondary N) is 1. The quantitative estimate of drug-likeness (QED) is 0.876. The summed E-state index contributed by atoms with van der Waals surface area (Å²) in [5, 5.41) is 7.91. The molecule has 0 unspecified atom stereocenters. The topological polar surface area (TPSA) is 89.3 Å². The largest absolute Gasteiger partial charge is 0.352 e. The summed E-state index contributed by atoms with van der Waals surface area (Å²) in [6.07, 6.45) is 0.669. The Kier molecular flexibility index (Phi) is 5.18. The van der Waals surface area contributed by atoms with Crippen molar-refractivity contribution in [2.45, 2.75) is 25.2 Å². The first kappa shape index (κ1) is 17.2. The van der Waals surface area contributed by atoms with Gasteiger partial charge in [-0.25, -0.2) is 13.6 Å². The van der Waals surface area contributed by atoms with Crippen LogP contribution in [-0.4, -0.2) is 20.9 Å². The molecule has 1 amide bonds. The van der Waals surface area contributed by atoms with Crippen LogP contribution in [0.1, 0.15) is 27.0 Å². The van der Waals surface area contributed by atoms with Crippen molar-refractivity contribution in [1.29, 1.82) is 0 Å². The Labute approximate surface area is 136 Å². The number of primary sulfonamides is 1. The normalized spacial score (nSPS) is 11.3. The zero-order chi connectivity index (χ0) is 17.0. The van der Waals surface area contributed by atoms with E-state index in [4.69, 9.17) is 5.14 Å².